The van der Waals surface area contributed by atoms with Crippen LogP contribution in [0.25, 0.3) is 0 Å². The smallest absolute Gasteiger partial charge is 0.309 e. The number of ether oxygens (including phenoxy) is 1. The van der Waals surface area contributed by atoms with E-state index < -0.39 is 18.0 Å². The SMILES string of the molecule is O=C(O)C1CCCOC1c1ccc(Br)c(Cl)c1. The molecule has 0 spiro atoms. The van der Waals surface area contributed by atoms with E-state index in [2.05, 4.69) is 15.9 Å². The quantitative estimate of drug-likeness (QED) is 0.905. The largest absolute Gasteiger partial charge is 0.481 e. The van der Waals surface area contributed by atoms with Crippen LogP contribution in [0.1, 0.15) is 24.5 Å². The van der Waals surface area contributed by atoms with Crippen LogP contribution in [0.3, 0.4) is 0 Å². The number of hydrogen-bond donors (Lipinski definition) is 1. The maximum absolute atomic E-state index is 11.2. The van der Waals surface area contributed by atoms with Gasteiger partial charge in [-0.25, -0.2) is 0 Å². The van der Waals surface area contributed by atoms with E-state index in [-0.39, 0.29) is 0 Å². The van der Waals surface area contributed by atoms with Gasteiger partial charge in [-0.15, -0.1) is 0 Å². The zero-order valence-electron chi connectivity index (χ0n) is 9.03. The molecule has 0 bridgehead atoms. The molecule has 0 aliphatic carbocycles. The lowest BCUT2D eigenvalue weighted by Crippen LogP contribution is -2.28. The van der Waals surface area contributed by atoms with Crippen molar-refractivity contribution in [3.63, 3.8) is 0 Å². The van der Waals surface area contributed by atoms with Crippen LogP contribution in [-0.4, -0.2) is 17.7 Å². The number of aliphatic carboxylic acids is 1. The Balaban J connectivity index is 2.29. The first-order valence-electron chi connectivity index (χ1n) is 5.39. The highest BCUT2D eigenvalue weighted by Gasteiger charge is 2.33. The molecule has 1 aliphatic heterocycles. The third-order valence-electron chi connectivity index (χ3n) is 2.91. The first kappa shape index (κ1) is 12.9. The van der Waals surface area contributed by atoms with Gasteiger partial charge in [-0.1, -0.05) is 17.7 Å². The molecule has 92 valence electrons. The fraction of sp³-hybridized carbons (Fsp3) is 0.417. The molecule has 3 nitrogen and oxygen atoms in total. The molecule has 1 N–H and O–H groups in total. The number of rotatable bonds is 2. The van der Waals surface area contributed by atoms with Gasteiger partial charge in [0.2, 0.25) is 0 Å². The summed E-state index contributed by atoms with van der Waals surface area (Å²) in [5, 5.41) is 9.74. The van der Waals surface area contributed by atoms with Crippen LogP contribution in [0.5, 0.6) is 0 Å². The van der Waals surface area contributed by atoms with E-state index in [1.54, 1.807) is 6.07 Å². The van der Waals surface area contributed by atoms with Crippen molar-refractivity contribution in [2.24, 2.45) is 5.92 Å². The molecule has 2 unspecified atom stereocenters. The Labute approximate surface area is 113 Å². The fourth-order valence-electron chi connectivity index (χ4n) is 2.05. The highest BCUT2D eigenvalue weighted by Crippen LogP contribution is 2.36. The molecule has 2 rings (SSSR count). The van der Waals surface area contributed by atoms with Crippen LogP contribution in [-0.2, 0) is 9.53 Å². The molecule has 17 heavy (non-hydrogen) atoms. The van der Waals surface area contributed by atoms with Gasteiger partial charge in [-0.3, -0.25) is 4.79 Å². The molecule has 1 aromatic rings. The number of halogens is 2. The van der Waals surface area contributed by atoms with Gasteiger partial charge < -0.3 is 9.84 Å². The van der Waals surface area contributed by atoms with Gasteiger partial charge in [0.1, 0.15) is 0 Å². The minimum atomic E-state index is -0.811. The lowest BCUT2D eigenvalue weighted by Gasteiger charge is -2.29. The average Bonchev–Trinajstić information content (AvgIpc) is 2.32. The van der Waals surface area contributed by atoms with Gasteiger partial charge in [0, 0.05) is 11.1 Å². The lowest BCUT2D eigenvalue weighted by atomic mass is 9.90. The second kappa shape index (κ2) is 5.38. The third kappa shape index (κ3) is 2.81. The van der Waals surface area contributed by atoms with Crippen LogP contribution >= 0.6 is 27.5 Å². The summed E-state index contributed by atoms with van der Waals surface area (Å²) >= 11 is 9.32. The zero-order valence-corrected chi connectivity index (χ0v) is 11.4. The summed E-state index contributed by atoms with van der Waals surface area (Å²) in [5.41, 5.74) is 0.824. The summed E-state index contributed by atoms with van der Waals surface area (Å²) in [6, 6.07) is 5.42. The monoisotopic (exact) mass is 318 g/mol. The Hall–Kier alpha value is -0.580. The summed E-state index contributed by atoms with van der Waals surface area (Å²) < 4.78 is 6.37. The number of hydrogen-bond acceptors (Lipinski definition) is 2. The molecule has 1 aromatic carbocycles. The Kier molecular flexibility index (Phi) is 4.07. The summed E-state index contributed by atoms with van der Waals surface area (Å²) in [5.74, 6) is -1.30. The molecule has 1 saturated heterocycles. The van der Waals surface area contributed by atoms with Crippen LogP contribution in [0.2, 0.25) is 5.02 Å². The van der Waals surface area contributed by atoms with Crippen molar-refractivity contribution >= 4 is 33.5 Å². The average molecular weight is 320 g/mol. The van der Waals surface area contributed by atoms with Crippen molar-refractivity contribution in [3.05, 3.63) is 33.3 Å². The topological polar surface area (TPSA) is 46.5 Å². The van der Waals surface area contributed by atoms with Gasteiger partial charge in [-0.2, -0.15) is 0 Å². The van der Waals surface area contributed by atoms with Crippen LogP contribution in [0.4, 0.5) is 0 Å². The summed E-state index contributed by atoms with van der Waals surface area (Å²) in [4.78, 5) is 11.2. The van der Waals surface area contributed by atoms with Gasteiger partial charge >= 0.3 is 5.97 Å². The van der Waals surface area contributed by atoms with E-state index in [0.29, 0.717) is 18.1 Å². The highest BCUT2D eigenvalue weighted by atomic mass is 79.9. The molecule has 0 radical (unpaired) electrons. The molecule has 2 atom stereocenters. The van der Waals surface area contributed by atoms with Crippen molar-refractivity contribution in [2.45, 2.75) is 18.9 Å². The van der Waals surface area contributed by atoms with Crippen molar-refractivity contribution in [2.75, 3.05) is 6.61 Å². The minimum Gasteiger partial charge on any atom is -0.481 e. The number of carboxylic acid groups (broad SMARTS) is 1. The van der Waals surface area contributed by atoms with Gasteiger partial charge in [0.25, 0.3) is 0 Å². The van der Waals surface area contributed by atoms with Crippen LogP contribution in [0, 0.1) is 5.92 Å². The zero-order chi connectivity index (χ0) is 12.4. The Morgan fingerprint density at radius 2 is 2.29 bits per heavy atom. The molecule has 5 heteroatoms. The molecule has 1 heterocycles. The van der Waals surface area contributed by atoms with E-state index >= 15 is 0 Å². The molecule has 0 amide bonds. The van der Waals surface area contributed by atoms with Crippen LogP contribution in [0.15, 0.2) is 22.7 Å². The Morgan fingerprint density at radius 3 is 2.94 bits per heavy atom. The van der Waals surface area contributed by atoms with Crippen molar-refractivity contribution < 1.29 is 14.6 Å². The predicted octanol–water partition coefficient (Wildman–Crippen LogP) is 3.65. The van der Waals surface area contributed by atoms with Crippen molar-refractivity contribution in [1.82, 2.24) is 0 Å². The number of benzene rings is 1. The Morgan fingerprint density at radius 1 is 1.53 bits per heavy atom. The normalized spacial score (nSPS) is 24.6. The standard InChI is InChI=1S/C12H12BrClO3/c13-9-4-3-7(6-10(9)14)11-8(12(15)16)2-1-5-17-11/h3-4,6,8,11H,1-2,5H2,(H,15,16). The van der Waals surface area contributed by atoms with E-state index in [0.717, 1.165) is 16.5 Å². The summed E-state index contributed by atoms with van der Waals surface area (Å²) in [6.45, 7) is 0.599. The van der Waals surface area contributed by atoms with E-state index in [1.807, 2.05) is 12.1 Å². The number of carboxylic acids is 1. The molecule has 0 saturated carbocycles. The molecular weight excluding hydrogens is 307 g/mol. The van der Waals surface area contributed by atoms with Crippen LogP contribution < -0.4 is 0 Å². The second-order valence-corrected chi connectivity index (χ2v) is 5.31. The van der Waals surface area contributed by atoms with Crippen molar-refractivity contribution in [3.8, 4) is 0 Å². The van der Waals surface area contributed by atoms with Gasteiger partial charge in [0.05, 0.1) is 17.0 Å². The second-order valence-electron chi connectivity index (χ2n) is 4.05. The maximum Gasteiger partial charge on any atom is 0.309 e. The predicted molar refractivity (Wildman–Crippen MR) is 68.2 cm³/mol. The summed E-state index contributed by atoms with van der Waals surface area (Å²) in [6.07, 6.45) is 1.04. The fourth-order valence-corrected chi connectivity index (χ4v) is 2.49. The van der Waals surface area contributed by atoms with Gasteiger partial charge in [0.15, 0.2) is 0 Å². The van der Waals surface area contributed by atoms with Crippen molar-refractivity contribution in [1.29, 1.82) is 0 Å². The minimum absolute atomic E-state index is 0.396. The molecule has 1 fully saturated rings. The van der Waals surface area contributed by atoms with E-state index in [1.165, 1.54) is 0 Å². The Bertz CT molecular complexity index is 436. The molecule has 0 aromatic heterocycles. The van der Waals surface area contributed by atoms with E-state index in [4.69, 9.17) is 16.3 Å². The number of carbonyl (C=O) groups is 1. The third-order valence-corrected chi connectivity index (χ3v) is 4.14. The first-order valence-corrected chi connectivity index (χ1v) is 6.56. The molecular formula is C12H12BrClO3. The van der Waals surface area contributed by atoms with Gasteiger partial charge in [-0.05, 0) is 46.5 Å². The maximum atomic E-state index is 11.2. The highest BCUT2D eigenvalue weighted by molar-refractivity contribution is 9.10. The first-order chi connectivity index (χ1) is 8.09. The summed E-state index contributed by atoms with van der Waals surface area (Å²) in [7, 11) is 0. The molecule has 1 aliphatic rings. The van der Waals surface area contributed by atoms with E-state index in [9.17, 15) is 9.90 Å². The lowest BCUT2D eigenvalue weighted by molar-refractivity contribution is -0.151.